The van der Waals surface area contributed by atoms with Gasteiger partial charge in [0.25, 0.3) is 0 Å². The van der Waals surface area contributed by atoms with Crippen molar-refractivity contribution in [2.45, 2.75) is 39.2 Å². The Kier molecular flexibility index (Phi) is 3.79. The number of β-amino-alcohol motifs (C(OH)–C–C–N with tert-alkyl or cyclic N) is 1. The Morgan fingerprint density at radius 1 is 1.47 bits per heavy atom. The number of nitrogens with zero attached hydrogens (tertiary/aromatic N) is 1. The molecule has 1 atom stereocenters. The second kappa shape index (κ2) is 4.39. The van der Waals surface area contributed by atoms with Gasteiger partial charge in [-0.15, -0.1) is 0 Å². The first-order valence-electron chi connectivity index (χ1n) is 5.43. The van der Waals surface area contributed by atoms with Crippen LogP contribution in [0.5, 0.6) is 0 Å². The predicted octanol–water partition coefficient (Wildman–Crippen LogP) is 0.819. The molecule has 4 nitrogen and oxygen atoms in total. The summed E-state index contributed by atoms with van der Waals surface area (Å²) in [5.74, 6) is 0.587. The van der Waals surface area contributed by atoms with E-state index in [9.17, 15) is 13.5 Å². The molecule has 0 spiro atoms. The van der Waals surface area contributed by atoms with Crippen LogP contribution in [0, 0.1) is 5.92 Å². The maximum atomic E-state index is 11.8. The van der Waals surface area contributed by atoms with E-state index in [1.54, 1.807) is 6.92 Å². The van der Waals surface area contributed by atoms with Crippen molar-refractivity contribution >= 4 is 10.0 Å². The van der Waals surface area contributed by atoms with E-state index in [4.69, 9.17) is 0 Å². The summed E-state index contributed by atoms with van der Waals surface area (Å²) >= 11 is 0. The molecule has 15 heavy (non-hydrogen) atoms. The van der Waals surface area contributed by atoms with Crippen molar-refractivity contribution in [2.24, 2.45) is 5.92 Å². The van der Waals surface area contributed by atoms with Gasteiger partial charge in [0.05, 0.1) is 11.4 Å². The minimum atomic E-state index is -3.15. The average molecular weight is 235 g/mol. The van der Waals surface area contributed by atoms with Gasteiger partial charge in [-0.2, -0.15) is 4.31 Å². The van der Waals surface area contributed by atoms with E-state index in [1.165, 1.54) is 4.31 Å². The van der Waals surface area contributed by atoms with E-state index >= 15 is 0 Å². The Labute approximate surface area is 92.3 Å². The number of hydrogen-bond acceptors (Lipinski definition) is 3. The van der Waals surface area contributed by atoms with Crippen molar-refractivity contribution in [1.29, 1.82) is 0 Å². The summed E-state index contributed by atoms with van der Waals surface area (Å²) in [5, 5.41) is 9.70. The SMILES string of the molecule is CC(C)CCS(=O)(=O)N1CCC(C)(O)C1. The zero-order valence-electron chi connectivity index (χ0n) is 9.73. The van der Waals surface area contributed by atoms with Crippen LogP contribution in [-0.2, 0) is 10.0 Å². The molecular formula is C10H21NO3S. The average Bonchev–Trinajstić information content (AvgIpc) is 2.43. The number of rotatable bonds is 4. The van der Waals surface area contributed by atoms with Gasteiger partial charge in [0.2, 0.25) is 10.0 Å². The van der Waals surface area contributed by atoms with Crippen molar-refractivity contribution in [1.82, 2.24) is 4.31 Å². The highest BCUT2D eigenvalue weighted by atomic mass is 32.2. The van der Waals surface area contributed by atoms with Crippen LogP contribution in [0.3, 0.4) is 0 Å². The molecular weight excluding hydrogens is 214 g/mol. The molecule has 0 aromatic carbocycles. The topological polar surface area (TPSA) is 57.6 Å². The summed E-state index contributed by atoms with van der Waals surface area (Å²) in [7, 11) is -3.15. The standard InChI is InChI=1S/C10H21NO3S/c1-9(2)4-7-15(13,14)11-6-5-10(3,12)8-11/h9,12H,4-8H2,1-3H3. The Bertz CT molecular complexity index is 309. The van der Waals surface area contributed by atoms with Crippen molar-refractivity contribution in [3.8, 4) is 0 Å². The molecule has 0 radical (unpaired) electrons. The molecule has 1 aliphatic rings. The summed E-state index contributed by atoms with van der Waals surface area (Å²) in [6, 6.07) is 0. The van der Waals surface area contributed by atoms with Crippen LogP contribution < -0.4 is 0 Å². The first-order valence-corrected chi connectivity index (χ1v) is 7.04. The fraction of sp³-hybridized carbons (Fsp3) is 1.00. The normalized spacial score (nSPS) is 28.9. The van der Waals surface area contributed by atoms with Crippen LogP contribution >= 0.6 is 0 Å². The second-order valence-corrected chi connectivity index (χ2v) is 7.17. The molecule has 0 saturated carbocycles. The smallest absolute Gasteiger partial charge is 0.214 e. The largest absolute Gasteiger partial charge is 0.389 e. The molecule has 1 unspecified atom stereocenters. The molecule has 1 rings (SSSR count). The molecule has 0 aromatic rings. The molecule has 1 aliphatic heterocycles. The molecule has 0 aromatic heterocycles. The summed E-state index contributed by atoms with van der Waals surface area (Å²) in [5.41, 5.74) is -0.842. The van der Waals surface area contributed by atoms with Gasteiger partial charge in [-0.3, -0.25) is 0 Å². The van der Waals surface area contributed by atoms with E-state index < -0.39 is 15.6 Å². The molecule has 0 amide bonds. The highest BCUT2D eigenvalue weighted by Gasteiger charge is 2.37. The van der Waals surface area contributed by atoms with Gasteiger partial charge in [0, 0.05) is 13.1 Å². The molecule has 1 heterocycles. The van der Waals surface area contributed by atoms with Crippen LogP contribution in [0.15, 0.2) is 0 Å². The first-order chi connectivity index (χ1) is 6.73. The van der Waals surface area contributed by atoms with Gasteiger partial charge in [0.1, 0.15) is 0 Å². The van der Waals surface area contributed by atoms with Crippen LogP contribution in [-0.4, -0.2) is 42.3 Å². The molecule has 5 heteroatoms. The van der Waals surface area contributed by atoms with Gasteiger partial charge in [0.15, 0.2) is 0 Å². The van der Waals surface area contributed by atoms with E-state index in [-0.39, 0.29) is 12.3 Å². The van der Waals surface area contributed by atoms with Crippen LogP contribution in [0.2, 0.25) is 0 Å². The van der Waals surface area contributed by atoms with Crippen LogP contribution in [0.4, 0.5) is 0 Å². The summed E-state index contributed by atoms with van der Waals surface area (Å²) in [6.45, 7) is 6.40. The van der Waals surface area contributed by atoms with E-state index in [0.717, 1.165) is 0 Å². The van der Waals surface area contributed by atoms with E-state index in [0.29, 0.717) is 25.3 Å². The lowest BCUT2D eigenvalue weighted by molar-refractivity contribution is 0.0762. The summed E-state index contributed by atoms with van der Waals surface area (Å²) in [6.07, 6.45) is 1.22. The Morgan fingerprint density at radius 2 is 2.07 bits per heavy atom. The maximum Gasteiger partial charge on any atom is 0.214 e. The molecule has 1 saturated heterocycles. The lowest BCUT2D eigenvalue weighted by Gasteiger charge is -2.19. The lowest BCUT2D eigenvalue weighted by Crippen LogP contribution is -2.35. The van der Waals surface area contributed by atoms with E-state index in [1.807, 2.05) is 13.8 Å². The zero-order chi connectivity index (χ0) is 11.7. The monoisotopic (exact) mass is 235 g/mol. The van der Waals surface area contributed by atoms with Gasteiger partial charge in [-0.1, -0.05) is 13.8 Å². The highest BCUT2D eigenvalue weighted by Crippen LogP contribution is 2.23. The Morgan fingerprint density at radius 3 is 2.47 bits per heavy atom. The predicted molar refractivity (Wildman–Crippen MR) is 60.1 cm³/mol. The third kappa shape index (κ3) is 3.74. The summed E-state index contributed by atoms with van der Waals surface area (Å²) in [4.78, 5) is 0. The highest BCUT2D eigenvalue weighted by molar-refractivity contribution is 7.89. The number of hydrogen-bond donors (Lipinski definition) is 1. The molecule has 1 N–H and O–H groups in total. The van der Waals surface area contributed by atoms with Crippen LogP contribution in [0.25, 0.3) is 0 Å². The first kappa shape index (κ1) is 12.9. The van der Waals surface area contributed by atoms with Crippen molar-refractivity contribution < 1.29 is 13.5 Å². The molecule has 90 valence electrons. The number of aliphatic hydroxyl groups is 1. The van der Waals surface area contributed by atoms with E-state index in [2.05, 4.69) is 0 Å². The molecule has 0 aliphatic carbocycles. The van der Waals surface area contributed by atoms with Gasteiger partial charge in [-0.05, 0) is 25.7 Å². The third-order valence-electron chi connectivity index (χ3n) is 2.76. The fourth-order valence-electron chi connectivity index (χ4n) is 1.65. The summed E-state index contributed by atoms with van der Waals surface area (Å²) < 4.78 is 25.1. The van der Waals surface area contributed by atoms with Crippen molar-refractivity contribution in [2.75, 3.05) is 18.8 Å². The number of sulfonamides is 1. The van der Waals surface area contributed by atoms with Crippen molar-refractivity contribution in [3.05, 3.63) is 0 Å². The maximum absolute atomic E-state index is 11.8. The fourth-order valence-corrected chi connectivity index (χ4v) is 3.53. The minimum absolute atomic E-state index is 0.195. The minimum Gasteiger partial charge on any atom is -0.389 e. The van der Waals surface area contributed by atoms with Crippen molar-refractivity contribution in [3.63, 3.8) is 0 Å². The van der Waals surface area contributed by atoms with Crippen LogP contribution in [0.1, 0.15) is 33.6 Å². The quantitative estimate of drug-likeness (QED) is 0.785. The van der Waals surface area contributed by atoms with Gasteiger partial charge >= 0.3 is 0 Å². The lowest BCUT2D eigenvalue weighted by atomic mass is 10.1. The molecule has 0 bridgehead atoms. The zero-order valence-corrected chi connectivity index (χ0v) is 10.5. The second-order valence-electron chi connectivity index (χ2n) is 5.08. The van der Waals surface area contributed by atoms with Gasteiger partial charge < -0.3 is 5.11 Å². The van der Waals surface area contributed by atoms with Gasteiger partial charge in [-0.25, -0.2) is 8.42 Å². The Balaban J connectivity index is 2.56. The third-order valence-corrected chi connectivity index (χ3v) is 4.61. The molecule has 1 fully saturated rings. The Hall–Kier alpha value is -0.130.